The number of hydrogen-bond acceptors (Lipinski definition) is 3. The van der Waals surface area contributed by atoms with Crippen LogP contribution in [0.1, 0.15) is 11.1 Å². The van der Waals surface area contributed by atoms with Crippen LogP contribution < -0.4 is 5.73 Å². The fourth-order valence-corrected chi connectivity index (χ4v) is 1.49. The van der Waals surface area contributed by atoms with Crippen LogP contribution in [0.3, 0.4) is 0 Å². The van der Waals surface area contributed by atoms with Crippen molar-refractivity contribution in [3.05, 3.63) is 35.4 Å². The van der Waals surface area contributed by atoms with Gasteiger partial charge in [-0.3, -0.25) is 4.79 Å². The van der Waals surface area contributed by atoms with Gasteiger partial charge in [-0.15, -0.1) is 0 Å². The minimum Gasteiger partial charge on any atom is -0.481 e. The molecular weight excluding hydrogens is 206 g/mol. The molecule has 0 aromatic heterocycles. The van der Waals surface area contributed by atoms with Gasteiger partial charge in [-0.05, 0) is 17.5 Å². The average molecular weight is 223 g/mol. The summed E-state index contributed by atoms with van der Waals surface area (Å²) < 4.78 is 4.99. The van der Waals surface area contributed by atoms with E-state index in [1.165, 1.54) is 0 Å². The first kappa shape index (κ1) is 12.7. The summed E-state index contributed by atoms with van der Waals surface area (Å²) in [5.41, 5.74) is 7.46. The minimum absolute atomic E-state index is 0.162. The van der Waals surface area contributed by atoms with Crippen LogP contribution in [0.25, 0.3) is 0 Å². The van der Waals surface area contributed by atoms with Crippen LogP contribution in [-0.2, 0) is 22.6 Å². The molecule has 1 unspecified atom stereocenters. The molecular formula is C12H17NO3. The molecule has 0 fully saturated rings. The molecule has 3 N–H and O–H groups in total. The zero-order valence-electron chi connectivity index (χ0n) is 9.35. The van der Waals surface area contributed by atoms with Crippen molar-refractivity contribution < 1.29 is 14.6 Å². The summed E-state index contributed by atoms with van der Waals surface area (Å²) in [5.74, 6) is -1.35. The first-order valence-corrected chi connectivity index (χ1v) is 5.17. The van der Waals surface area contributed by atoms with Crippen molar-refractivity contribution in [3.63, 3.8) is 0 Å². The van der Waals surface area contributed by atoms with Crippen LogP contribution in [0.4, 0.5) is 0 Å². The Morgan fingerprint density at radius 3 is 2.38 bits per heavy atom. The summed E-state index contributed by atoms with van der Waals surface area (Å²) in [7, 11) is 1.64. The minimum atomic E-state index is -0.844. The Hall–Kier alpha value is -1.39. The molecule has 4 heteroatoms. The highest BCUT2D eigenvalue weighted by Crippen LogP contribution is 2.10. The van der Waals surface area contributed by atoms with Crippen LogP contribution in [-0.4, -0.2) is 24.7 Å². The highest BCUT2D eigenvalue weighted by molar-refractivity contribution is 5.70. The summed E-state index contributed by atoms with van der Waals surface area (Å²) in [6.45, 7) is 0.731. The van der Waals surface area contributed by atoms with Gasteiger partial charge in [0.05, 0.1) is 12.5 Å². The normalized spacial score (nSPS) is 12.4. The fourth-order valence-electron chi connectivity index (χ4n) is 1.49. The summed E-state index contributed by atoms with van der Waals surface area (Å²) in [6.07, 6.45) is 0.471. The van der Waals surface area contributed by atoms with E-state index >= 15 is 0 Å². The van der Waals surface area contributed by atoms with E-state index in [1.54, 1.807) is 7.11 Å². The summed E-state index contributed by atoms with van der Waals surface area (Å²) >= 11 is 0. The maximum absolute atomic E-state index is 10.8. The van der Waals surface area contributed by atoms with Gasteiger partial charge in [0.2, 0.25) is 0 Å². The van der Waals surface area contributed by atoms with Crippen molar-refractivity contribution in [1.82, 2.24) is 0 Å². The third-order valence-electron chi connectivity index (χ3n) is 2.45. The molecule has 0 saturated heterocycles. The SMILES string of the molecule is COCc1ccc(CC(CN)C(=O)O)cc1. The lowest BCUT2D eigenvalue weighted by Crippen LogP contribution is -2.25. The van der Waals surface area contributed by atoms with E-state index < -0.39 is 11.9 Å². The number of ether oxygens (including phenoxy) is 1. The van der Waals surface area contributed by atoms with E-state index in [2.05, 4.69) is 0 Å². The molecule has 0 aliphatic carbocycles. The number of aliphatic carboxylic acids is 1. The second-order valence-corrected chi connectivity index (χ2v) is 3.72. The zero-order valence-corrected chi connectivity index (χ0v) is 9.35. The maximum atomic E-state index is 10.8. The second kappa shape index (κ2) is 6.25. The molecule has 16 heavy (non-hydrogen) atoms. The summed E-state index contributed by atoms with van der Waals surface area (Å²) in [5, 5.41) is 8.87. The van der Waals surface area contributed by atoms with E-state index in [0.29, 0.717) is 13.0 Å². The van der Waals surface area contributed by atoms with Crippen LogP contribution >= 0.6 is 0 Å². The molecule has 4 nitrogen and oxygen atoms in total. The van der Waals surface area contributed by atoms with Gasteiger partial charge in [0.25, 0.3) is 0 Å². The van der Waals surface area contributed by atoms with Gasteiger partial charge >= 0.3 is 5.97 Å². The van der Waals surface area contributed by atoms with E-state index in [-0.39, 0.29) is 6.54 Å². The number of benzene rings is 1. The monoisotopic (exact) mass is 223 g/mol. The van der Waals surface area contributed by atoms with Crippen molar-refractivity contribution >= 4 is 5.97 Å². The first-order chi connectivity index (χ1) is 7.67. The molecule has 0 spiro atoms. The molecule has 0 amide bonds. The smallest absolute Gasteiger partial charge is 0.308 e. The van der Waals surface area contributed by atoms with Crippen LogP contribution in [0.15, 0.2) is 24.3 Å². The maximum Gasteiger partial charge on any atom is 0.308 e. The molecule has 1 rings (SSSR count). The number of methoxy groups -OCH3 is 1. The van der Waals surface area contributed by atoms with Crippen molar-refractivity contribution in [3.8, 4) is 0 Å². The summed E-state index contributed by atoms with van der Waals surface area (Å²) in [4.78, 5) is 10.8. The van der Waals surface area contributed by atoms with Crippen molar-refractivity contribution in [2.75, 3.05) is 13.7 Å². The predicted molar refractivity (Wildman–Crippen MR) is 61.0 cm³/mol. The van der Waals surface area contributed by atoms with Gasteiger partial charge in [-0.25, -0.2) is 0 Å². The van der Waals surface area contributed by atoms with Gasteiger partial charge in [0, 0.05) is 13.7 Å². The number of carboxylic acids is 1. The Bertz CT molecular complexity index is 335. The lowest BCUT2D eigenvalue weighted by molar-refractivity contribution is -0.141. The summed E-state index contributed by atoms with van der Waals surface area (Å²) in [6, 6.07) is 7.71. The topological polar surface area (TPSA) is 72.5 Å². The molecule has 0 aliphatic heterocycles. The van der Waals surface area contributed by atoms with Crippen molar-refractivity contribution in [2.45, 2.75) is 13.0 Å². The molecule has 0 bridgehead atoms. The van der Waals surface area contributed by atoms with Crippen LogP contribution in [0.5, 0.6) is 0 Å². The van der Waals surface area contributed by atoms with Crippen LogP contribution in [0, 0.1) is 5.92 Å². The van der Waals surface area contributed by atoms with Gasteiger partial charge in [0.15, 0.2) is 0 Å². The fraction of sp³-hybridized carbons (Fsp3) is 0.417. The largest absolute Gasteiger partial charge is 0.481 e. The Balaban J connectivity index is 2.63. The molecule has 1 aromatic carbocycles. The zero-order chi connectivity index (χ0) is 12.0. The van der Waals surface area contributed by atoms with E-state index in [0.717, 1.165) is 11.1 Å². The predicted octanol–water partition coefficient (Wildman–Crippen LogP) is 1.03. The van der Waals surface area contributed by atoms with E-state index in [1.807, 2.05) is 24.3 Å². The molecule has 1 atom stereocenters. The molecule has 0 radical (unpaired) electrons. The molecule has 0 heterocycles. The lowest BCUT2D eigenvalue weighted by Gasteiger charge is -2.09. The third-order valence-corrected chi connectivity index (χ3v) is 2.45. The van der Waals surface area contributed by atoms with Gasteiger partial charge in [0.1, 0.15) is 0 Å². The van der Waals surface area contributed by atoms with Gasteiger partial charge in [-0.1, -0.05) is 24.3 Å². The number of rotatable bonds is 6. The number of nitrogens with two attached hydrogens (primary N) is 1. The van der Waals surface area contributed by atoms with Crippen molar-refractivity contribution in [1.29, 1.82) is 0 Å². The quantitative estimate of drug-likeness (QED) is 0.755. The standard InChI is InChI=1S/C12H17NO3/c1-16-8-10-4-2-9(3-5-10)6-11(7-13)12(14)15/h2-5,11H,6-8,13H2,1H3,(H,14,15). The third kappa shape index (κ3) is 3.64. The van der Waals surface area contributed by atoms with Gasteiger partial charge in [-0.2, -0.15) is 0 Å². The van der Waals surface area contributed by atoms with Crippen molar-refractivity contribution in [2.24, 2.45) is 11.7 Å². The first-order valence-electron chi connectivity index (χ1n) is 5.17. The lowest BCUT2D eigenvalue weighted by atomic mass is 9.99. The number of carbonyl (C=O) groups is 1. The Morgan fingerprint density at radius 2 is 1.94 bits per heavy atom. The Morgan fingerprint density at radius 1 is 1.38 bits per heavy atom. The molecule has 0 aliphatic rings. The van der Waals surface area contributed by atoms with Crippen LogP contribution in [0.2, 0.25) is 0 Å². The highest BCUT2D eigenvalue weighted by Gasteiger charge is 2.15. The molecule has 1 aromatic rings. The van der Waals surface area contributed by atoms with E-state index in [9.17, 15) is 4.79 Å². The Labute approximate surface area is 95.0 Å². The number of hydrogen-bond donors (Lipinski definition) is 2. The van der Waals surface area contributed by atoms with Gasteiger partial charge < -0.3 is 15.6 Å². The Kier molecular flexibility index (Phi) is 4.95. The molecule has 0 saturated carbocycles. The highest BCUT2D eigenvalue weighted by atomic mass is 16.5. The molecule has 88 valence electrons. The average Bonchev–Trinajstić information content (AvgIpc) is 2.28. The van der Waals surface area contributed by atoms with E-state index in [4.69, 9.17) is 15.6 Å². The second-order valence-electron chi connectivity index (χ2n) is 3.72. The number of carboxylic acid groups (broad SMARTS) is 1.